The second kappa shape index (κ2) is 18.0. The number of hydrogen-bond acceptors (Lipinski definition) is 6. The van der Waals surface area contributed by atoms with Crippen LogP contribution in [0.1, 0.15) is 22.5 Å². The Morgan fingerprint density at radius 3 is 1.43 bits per heavy atom. The van der Waals surface area contributed by atoms with Gasteiger partial charge in [-0.1, -0.05) is 97.1 Å². The third-order valence-electron chi connectivity index (χ3n) is 7.26. The molecule has 1 unspecified atom stereocenters. The molecule has 0 fully saturated rings. The molecule has 0 aliphatic rings. The van der Waals surface area contributed by atoms with Crippen molar-refractivity contribution >= 4 is 18.0 Å². The van der Waals surface area contributed by atoms with E-state index in [9.17, 15) is 35.8 Å². The Balaban J connectivity index is 0.000000181. The average molecular weight is 835 g/mol. The van der Waals surface area contributed by atoms with Gasteiger partial charge in [0.05, 0.1) is 18.8 Å². The Labute approximate surface area is 312 Å². The van der Waals surface area contributed by atoms with E-state index in [-0.39, 0.29) is 30.9 Å². The number of pyridine rings is 2. The minimum atomic E-state index is -4.40. The number of rotatable bonds is 6. The molecule has 0 bridgehead atoms. The van der Waals surface area contributed by atoms with Crippen molar-refractivity contribution in [1.82, 2.24) is 30.4 Å². The predicted octanol–water partition coefficient (Wildman–Crippen LogP) is 7.85. The summed E-state index contributed by atoms with van der Waals surface area (Å²) >= 11 is 0. The minimum Gasteiger partial charge on any atom is -0.793 e. The molecule has 8 nitrogen and oxygen atoms in total. The van der Waals surface area contributed by atoms with Crippen molar-refractivity contribution in [2.75, 3.05) is 0 Å². The van der Waals surface area contributed by atoms with Crippen LogP contribution in [0.2, 0.25) is 0 Å². The summed E-state index contributed by atoms with van der Waals surface area (Å²) in [7, 11) is -3.82. The monoisotopic (exact) mass is 835 g/mol. The van der Waals surface area contributed by atoms with Crippen LogP contribution in [0.25, 0.3) is 22.8 Å². The molecule has 0 spiro atoms. The van der Waals surface area contributed by atoms with Crippen molar-refractivity contribution < 1.29 is 55.3 Å². The van der Waals surface area contributed by atoms with E-state index in [0.717, 1.165) is 23.3 Å². The second-order valence-corrected chi connectivity index (χ2v) is 13.0. The Kier molecular flexibility index (Phi) is 13.8. The van der Waals surface area contributed by atoms with Crippen molar-refractivity contribution in [3.8, 4) is 22.8 Å². The summed E-state index contributed by atoms with van der Waals surface area (Å²) in [5, 5.41) is 11.7. The van der Waals surface area contributed by atoms with Gasteiger partial charge in [-0.3, -0.25) is 20.2 Å². The number of H-pyrrole nitrogens is 2. The molecular formula is C37H28F6N6O2PRu. The Hall–Kier alpha value is -5.23. The van der Waals surface area contributed by atoms with E-state index in [0.29, 0.717) is 28.4 Å². The van der Waals surface area contributed by atoms with Crippen molar-refractivity contribution in [3.05, 3.63) is 168 Å². The van der Waals surface area contributed by atoms with Gasteiger partial charge in [-0.25, -0.2) is 0 Å². The maximum atomic E-state index is 12.9. The maximum absolute atomic E-state index is 12.9. The zero-order valence-electron chi connectivity index (χ0n) is 27.2. The number of halogens is 6. The molecule has 16 heteroatoms. The molecule has 0 aliphatic heterocycles. The number of alkyl halides is 6. The predicted molar refractivity (Wildman–Crippen MR) is 183 cm³/mol. The Morgan fingerprint density at radius 2 is 1.00 bits per heavy atom. The minimum absolute atomic E-state index is 0. The van der Waals surface area contributed by atoms with Crippen LogP contribution in [-0.2, 0) is 42.8 Å². The molecule has 2 N–H and O–H groups in total. The van der Waals surface area contributed by atoms with E-state index in [2.05, 4.69) is 20.2 Å². The molecule has 0 saturated carbocycles. The smallest absolute Gasteiger partial charge is 0.793 e. The average Bonchev–Trinajstić information content (AvgIpc) is 3.86. The summed E-state index contributed by atoms with van der Waals surface area (Å²) in [6.07, 6.45) is -5.20. The molecule has 0 amide bonds. The first kappa shape index (κ1) is 40.5. The fraction of sp³-hybridized carbons (Fsp3) is 0.0811. The van der Waals surface area contributed by atoms with Crippen LogP contribution in [0.15, 0.2) is 146 Å². The zero-order valence-corrected chi connectivity index (χ0v) is 29.9. The van der Waals surface area contributed by atoms with Crippen LogP contribution in [0.3, 0.4) is 0 Å². The van der Waals surface area contributed by atoms with Crippen LogP contribution >= 0.6 is 7.37 Å². The molecular weight excluding hydrogens is 806 g/mol. The van der Waals surface area contributed by atoms with Gasteiger partial charge in [0, 0.05) is 23.0 Å². The topological polar surface area (TPSA) is 123 Å². The van der Waals surface area contributed by atoms with Crippen molar-refractivity contribution in [2.45, 2.75) is 18.8 Å². The van der Waals surface area contributed by atoms with E-state index in [1.165, 1.54) is 12.4 Å². The van der Waals surface area contributed by atoms with Gasteiger partial charge in [-0.2, -0.15) is 36.5 Å². The third-order valence-corrected chi connectivity index (χ3v) is 9.31. The molecule has 7 aromatic rings. The largest absolute Gasteiger partial charge is 1.00 e. The van der Waals surface area contributed by atoms with Crippen LogP contribution in [0.5, 0.6) is 0 Å². The van der Waals surface area contributed by atoms with E-state index >= 15 is 0 Å². The molecule has 3 aromatic carbocycles. The first-order valence-corrected chi connectivity index (χ1v) is 17.0. The summed E-state index contributed by atoms with van der Waals surface area (Å²) in [5.74, 6) is 0. The SMILES string of the molecule is FC(F)(F)c1cc(-c2ccccn2)n[nH]1.FC(F)(F)c1cc(-c2ccccn2)n[nH]1.O=P([O-])(c1ccccc1)c1ccccc1Cc1ccccc1.[Ru+]. The number of nitrogens with one attached hydrogen (secondary N) is 2. The van der Waals surface area contributed by atoms with E-state index in [4.69, 9.17) is 0 Å². The van der Waals surface area contributed by atoms with E-state index in [1.807, 2.05) is 58.7 Å². The van der Waals surface area contributed by atoms with Crippen LogP contribution < -0.4 is 15.5 Å². The van der Waals surface area contributed by atoms with Gasteiger partial charge in [0.1, 0.15) is 22.8 Å². The maximum Gasteiger partial charge on any atom is 1.00 e. The van der Waals surface area contributed by atoms with Gasteiger partial charge >= 0.3 is 31.8 Å². The number of aromatic amines is 2. The molecule has 0 saturated heterocycles. The Morgan fingerprint density at radius 1 is 0.566 bits per heavy atom. The fourth-order valence-corrected chi connectivity index (χ4v) is 6.41. The van der Waals surface area contributed by atoms with Gasteiger partial charge in [-0.15, -0.1) is 0 Å². The molecule has 7 rings (SSSR count). The van der Waals surface area contributed by atoms with Gasteiger partial charge in [0.25, 0.3) is 0 Å². The number of benzene rings is 3. The van der Waals surface area contributed by atoms with Gasteiger partial charge in [0.15, 0.2) is 0 Å². The standard InChI is InChI=1S/C19H17O2P.2C9H6F3N3.Ru/c20-22(21,18-12-5-2-6-13-18)19-14-8-7-11-17(19)15-16-9-3-1-4-10-16;2*10-9(11,12)8-5-7(14-15-8)6-3-1-2-4-13-6;/h1-14H,15H2,(H,20,21);2*1-5H,(H,14,15);/q;;;+1/p-1. The normalized spacial score (nSPS) is 12.2. The first-order valence-electron chi connectivity index (χ1n) is 15.4. The van der Waals surface area contributed by atoms with Gasteiger partial charge < -0.3 is 9.46 Å². The molecule has 1 radical (unpaired) electrons. The molecule has 0 aliphatic carbocycles. The molecule has 1 atom stereocenters. The summed E-state index contributed by atoms with van der Waals surface area (Å²) in [6.45, 7) is 0. The quantitative estimate of drug-likeness (QED) is 0.100. The fourth-order valence-electron chi connectivity index (χ4n) is 4.75. The third kappa shape index (κ3) is 11.1. The summed E-state index contributed by atoms with van der Waals surface area (Å²) in [6, 6.07) is 37.5. The van der Waals surface area contributed by atoms with E-state index < -0.39 is 31.1 Å². The zero-order chi connectivity index (χ0) is 37.2. The van der Waals surface area contributed by atoms with Crippen molar-refractivity contribution in [3.63, 3.8) is 0 Å². The molecule has 53 heavy (non-hydrogen) atoms. The van der Waals surface area contributed by atoms with Gasteiger partial charge in [0.2, 0.25) is 0 Å². The molecule has 4 heterocycles. The molecule has 273 valence electrons. The summed E-state index contributed by atoms with van der Waals surface area (Å²) < 4.78 is 86.2. The van der Waals surface area contributed by atoms with Crippen LogP contribution in [0.4, 0.5) is 26.3 Å². The summed E-state index contributed by atoms with van der Waals surface area (Å²) in [5.41, 5.74) is 1.37. The van der Waals surface area contributed by atoms with Crippen molar-refractivity contribution in [1.29, 1.82) is 0 Å². The van der Waals surface area contributed by atoms with Gasteiger partial charge in [-0.05, 0) is 53.9 Å². The second-order valence-electron chi connectivity index (χ2n) is 10.9. The number of hydrogen-bond donors (Lipinski definition) is 2. The first-order chi connectivity index (χ1) is 24.8. The van der Waals surface area contributed by atoms with E-state index in [1.54, 1.807) is 72.8 Å². The number of nitrogens with zero attached hydrogens (tertiary/aromatic N) is 4. The van der Waals surface area contributed by atoms with Crippen molar-refractivity contribution in [2.24, 2.45) is 0 Å². The molecule has 4 aromatic heterocycles. The Bertz CT molecular complexity index is 2110. The van der Waals surface area contributed by atoms with Crippen LogP contribution in [0, 0.1) is 0 Å². The van der Waals surface area contributed by atoms with Crippen LogP contribution in [-0.4, -0.2) is 30.4 Å². The summed E-state index contributed by atoms with van der Waals surface area (Å²) in [4.78, 5) is 20.7. The number of aromatic nitrogens is 6.